The Bertz CT molecular complexity index is 378. The minimum absolute atomic E-state index is 0.356. The van der Waals surface area contributed by atoms with Gasteiger partial charge in [-0.15, -0.1) is 0 Å². The van der Waals surface area contributed by atoms with Crippen molar-refractivity contribution in [3.63, 3.8) is 0 Å². The first-order chi connectivity index (χ1) is 7.33. The van der Waals surface area contributed by atoms with E-state index in [0.29, 0.717) is 12.1 Å². The van der Waals surface area contributed by atoms with Crippen molar-refractivity contribution in [2.45, 2.75) is 37.8 Å². The minimum atomic E-state index is 0.356. The summed E-state index contributed by atoms with van der Waals surface area (Å²) in [4.78, 5) is 0. The lowest BCUT2D eigenvalue weighted by atomic mass is 9.91. The van der Waals surface area contributed by atoms with E-state index in [-0.39, 0.29) is 0 Å². The van der Waals surface area contributed by atoms with Crippen molar-refractivity contribution >= 4 is 11.4 Å². The van der Waals surface area contributed by atoms with Crippen LogP contribution >= 0.6 is 0 Å². The van der Waals surface area contributed by atoms with Gasteiger partial charge in [-0.1, -0.05) is 6.42 Å². The molecule has 0 radical (unpaired) electrons. The fourth-order valence-corrected chi connectivity index (χ4v) is 2.53. The molecule has 2 aliphatic rings. The van der Waals surface area contributed by atoms with E-state index < -0.39 is 0 Å². The first-order valence-electron chi connectivity index (χ1n) is 5.66. The molecule has 1 aliphatic heterocycles. The normalized spacial score (nSPS) is 28.3. The maximum atomic E-state index is 5.97. The Balaban J connectivity index is 1.92. The molecule has 3 heteroatoms. The van der Waals surface area contributed by atoms with Crippen LogP contribution < -0.4 is 15.8 Å². The fraction of sp³-hybridized carbons (Fsp3) is 0.500. The number of nitrogens with two attached hydrogens (primary N) is 1. The van der Waals surface area contributed by atoms with Gasteiger partial charge in [-0.3, -0.25) is 0 Å². The second-order valence-corrected chi connectivity index (χ2v) is 4.45. The molecule has 1 aromatic rings. The SMILES string of the molecule is Nc1ccc2c(c1)NC1CCCCC1O2. The van der Waals surface area contributed by atoms with Gasteiger partial charge in [0.15, 0.2) is 0 Å². The first kappa shape index (κ1) is 8.89. The predicted molar refractivity (Wildman–Crippen MR) is 61.1 cm³/mol. The molecule has 15 heavy (non-hydrogen) atoms. The molecule has 0 amide bonds. The molecule has 2 unspecified atom stereocenters. The third kappa shape index (κ3) is 1.52. The lowest BCUT2D eigenvalue weighted by molar-refractivity contribution is 0.131. The molecular formula is C12H16N2O. The summed E-state index contributed by atoms with van der Waals surface area (Å²) in [5, 5.41) is 3.53. The van der Waals surface area contributed by atoms with E-state index in [1.807, 2.05) is 18.2 Å². The largest absolute Gasteiger partial charge is 0.486 e. The third-order valence-corrected chi connectivity index (χ3v) is 3.33. The third-order valence-electron chi connectivity index (χ3n) is 3.33. The zero-order valence-electron chi connectivity index (χ0n) is 8.70. The van der Waals surface area contributed by atoms with Gasteiger partial charge in [0.1, 0.15) is 11.9 Å². The van der Waals surface area contributed by atoms with E-state index in [4.69, 9.17) is 10.5 Å². The molecule has 3 nitrogen and oxygen atoms in total. The monoisotopic (exact) mass is 204 g/mol. The molecule has 0 aromatic heterocycles. The quantitative estimate of drug-likeness (QED) is 0.638. The Morgan fingerprint density at radius 3 is 3.07 bits per heavy atom. The van der Waals surface area contributed by atoms with Crippen molar-refractivity contribution in [3.05, 3.63) is 18.2 Å². The van der Waals surface area contributed by atoms with Crippen molar-refractivity contribution in [1.82, 2.24) is 0 Å². The van der Waals surface area contributed by atoms with Crippen LogP contribution in [0, 0.1) is 0 Å². The van der Waals surface area contributed by atoms with Crippen LogP contribution in [-0.2, 0) is 0 Å². The van der Waals surface area contributed by atoms with Gasteiger partial charge in [0.2, 0.25) is 0 Å². The minimum Gasteiger partial charge on any atom is -0.486 e. The maximum Gasteiger partial charge on any atom is 0.143 e. The molecule has 1 heterocycles. The van der Waals surface area contributed by atoms with Gasteiger partial charge < -0.3 is 15.8 Å². The Kier molecular flexibility index (Phi) is 1.97. The van der Waals surface area contributed by atoms with Crippen LogP contribution in [0.15, 0.2) is 18.2 Å². The summed E-state index contributed by atoms with van der Waals surface area (Å²) in [6.07, 6.45) is 5.32. The molecule has 1 fully saturated rings. The van der Waals surface area contributed by atoms with Gasteiger partial charge in [0, 0.05) is 5.69 Å². The smallest absolute Gasteiger partial charge is 0.143 e. The Hall–Kier alpha value is -1.38. The van der Waals surface area contributed by atoms with Gasteiger partial charge in [-0.2, -0.15) is 0 Å². The Labute approximate surface area is 89.6 Å². The van der Waals surface area contributed by atoms with Crippen LogP contribution in [0.25, 0.3) is 0 Å². The number of hydrogen-bond acceptors (Lipinski definition) is 3. The van der Waals surface area contributed by atoms with E-state index >= 15 is 0 Å². The summed E-state index contributed by atoms with van der Waals surface area (Å²) in [6, 6.07) is 6.29. The summed E-state index contributed by atoms with van der Waals surface area (Å²) >= 11 is 0. The number of anilines is 2. The first-order valence-corrected chi connectivity index (χ1v) is 5.66. The van der Waals surface area contributed by atoms with Gasteiger partial charge >= 0.3 is 0 Å². The predicted octanol–water partition coefficient (Wildman–Crippen LogP) is 2.38. The van der Waals surface area contributed by atoms with Gasteiger partial charge in [0.05, 0.1) is 11.7 Å². The summed E-state index contributed by atoms with van der Waals surface area (Å²) in [5.74, 6) is 0.951. The van der Waals surface area contributed by atoms with Crippen molar-refractivity contribution in [2.24, 2.45) is 0 Å². The second kappa shape index (κ2) is 3.33. The molecule has 1 aromatic carbocycles. The highest BCUT2D eigenvalue weighted by atomic mass is 16.5. The average Bonchev–Trinajstić information content (AvgIpc) is 2.26. The summed E-state index contributed by atoms with van der Waals surface area (Å²) in [6.45, 7) is 0. The van der Waals surface area contributed by atoms with Gasteiger partial charge in [-0.05, 0) is 37.5 Å². The summed E-state index contributed by atoms with van der Waals surface area (Å²) in [7, 11) is 0. The van der Waals surface area contributed by atoms with Crippen LogP contribution in [0.3, 0.4) is 0 Å². The molecule has 0 saturated heterocycles. The highest BCUT2D eigenvalue weighted by molar-refractivity contribution is 5.65. The molecule has 0 spiro atoms. The standard InChI is InChI=1S/C12H16N2O/c13-8-5-6-12-10(7-8)14-9-3-1-2-4-11(9)15-12/h5-7,9,11,14H,1-4,13H2. The van der Waals surface area contributed by atoms with E-state index in [2.05, 4.69) is 5.32 Å². The van der Waals surface area contributed by atoms with Crippen LogP contribution in [-0.4, -0.2) is 12.1 Å². The second-order valence-electron chi connectivity index (χ2n) is 4.45. The topological polar surface area (TPSA) is 47.3 Å². The zero-order chi connectivity index (χ0) is 10.3. The van der Waals surface area contributed by atoms with Crippen LogP contribution in [0.2, 0.25) is 0 Å². The number of nitrogen functional groups attached to an aromatic ring is 1. The van der Waals surface area contributed by atoms with E-state index in [9.17, 15) is 0 Å². The fourth-order valence-electron chi connectivity index (χ4n) is 2.53. The molecule has 3 rings (SSSR count). The maximum absolute atomic E-state index is 5.97. The summed E-state index contributed by atoms with van der Waals surface area (Å²) in [5.41, 5.74) is 7.60. The molecule has 2 atom stereocenters. The van der Waals surface area contributed by atoms with Gasteiger partial charge in [-0.25, -0.2) is 0 Å². The van der Waals surface area contributed by atoms with Crippen molar-refractivity contribution < 1.29 is 4.74 Å². The lowest BCUT2D eigenvalue weighted by Crippen LogP contribution is -2.43. The van der Waals surface area contributed by atoms with E-state index in [1.165, 1.54) is 25.7 Å². The highest BCUT2D eigenvalue weighted by Gasteiger charge is 2.31. The number of ether oxygens (including phenoxy) is 1. The van der Waals surface area contributed by atoms with E-state index in [1.54, 1.807) is 0 Å². The highest BCUT2D eigenvalue weighted by Crippen LogP contribution is 2.37. The number of rotatable bonds is 0. The molecule has 0 bridgehead atoms. The summed E-state index contributed by atoms with van der Waals surface area (Å²) < 4.78 is 5.97. The number of fused-ring (bicyclic) bond motifs is 2. The van der Waals surface area contributed by atoms with Crippen molar-refractivity contribution in [3.8, 4) is 5.75 Å². The zero-order valence-corrected chi connectivity index (χ0v) is 8.70. The number of benzene rings is 1. The molecule has 3 N–H and O–H groups in total. The Morgan fingerprint density at radius 1 is 1.27 bits per heavy atom. The molecular weight excluding hydrogens is 188 g/mol. The molecule has 80 valence electrons. The van der Waals surface area contributed by atoms with Crippen LogP contribution in [0.1, 0.15) is 25.7 Å². The van der Waals surface area contributed by atoms with Gasteiger partial charge in [0.25, 0.3) is 0 Å². The van der Waals surface area contributed by atoms with Crippen molar-refractivity contribution in [2.75, 3.05) is 11.1 Å². The molecule has 1 saturated carbocycles. The Morgan fingerprint density at radius 2 is 2.13 bits per heavy atom. The lowest BCUT2D eigenvalue weighted by Gasteiger charge is -2.38. The number of nitrogens with one attached hydrogen (secondary N) is 1. The van der Waals surface area contributed by atoms with Crippen LogP contribution in [0.4, 0.5) is 11.4 Å². The van der Waals surface area contributed by atoms with E-state index in [0.717, 1.165) is 17.1 Å². The average molecular weight is 204 g/mol. The molecule has 1 aliphatic carbocycles. The number of hydrogen-bond donors (Lipinski definition) is 2. The van der Waals surface area contributed by atoms with Crippen molar-refractivity contribution in [1.29, 1.82) is 0 Å². The van der Waals surface area contributed by atoms with Crippen LogP contribution in [0.5, 0.6) is 5.75 Å².